The summed E-state index contributed by atoms with van der Waals surface area (Å²) in [4.78, 5) is 18.1. The summed E-state index contributed by atoms with van der Waals surface area (Å²) in [6.07, 6.45) is 2.75. The lowest BCUT2D eigenvalue weighted by molar-refractivity contribution is 0.102. The summed E-state index contributed by atoms with van der Waals surface area (Å²) in [5, 5.41) is 3.61. The van der Waals surface area contributed by atoms with Gasteiger partial charge in [-0.1, -0.05) is 12.1 Å². The average Bonchev–Trinajstić information content (AvgIpc) is 2.83. The molecule has 0 radical (unpaired) electrons. The Bertz CT molecular complexity index is 699. The van der Waals surface area contributed by atoms with Gasteiger partial charge in [-0.05, 0) is 50.3 Å². The molecule has 0 aliphatic heterocycles. The highest BCUT2D eigenvalue weighted by Gasteiger charge is 2.21. The quantitative estimate of drug-likeness (QED) is 0.883. The number of aryl methyl sites for hydroxylation is 2. The van der Waals surface area contributed by atoms with Crippen LogP contribution in [0.2, 0.25) is 0 Å². The van der Waals surface area contributed by atoms with E-state index in [9.17, 15) is 4.79 Å². The average molecular weight is 338 g/mol. The first-order valence-corrected chi connectivity index (χ1v) is 7.98. The van der Waals surface area contributed by atoms with Crippen molar-refractivity contribution in [2.75, 3.05) is 5.32 Å². The summed E-state index contributed by atoms with van der Waals surface area (Å²) in [6, 6.07) is 5.99. The first-order valence-electron chi connectivity index (χ1n) is 7.16. The number of anilines is 1. The van der Waals surface area contributed by atoms with Gasteiger partial charge in [0.15, 0.2) is 5.13 Å². The highest BCUT2D eigenvalue weighted by molar-refractivity contribution is 7.15. The van der Waals surface area contributed by atoms with E-state index in [2.05, 4.69) is 10.3 Å². The van der Waals surface area contributed by atoms with Gasteiger partial charge in [-0.2, -0.15) is 0 Å². The molecule has 0 spiro atoms. The minimum Gasteiger partial charge on any atom is -0.327 e. The number of nitrogens with one attached hydrogen (secondary N) is 1. The van der Waals surface area contributed by atoms with Crippen LogP contribution in [0.4, 0.5) is 5.13 Å². The van der Waals surface area contributed by atoms with Gasteiger partial charge in [-0.25, -0.2) is 4.98 Å². The fourth-order valence-corrected chi connectivity index (χ4v) is 3.71. The number of hydrogen-bond donors (Lipinski definition) is 2. The van der Waals surface area contributed by atoms with Crippen molar-refractivity contribution in [1.82, 2.24) is 4.98 Å². The Balaban J connectivity index is 0.00000176. The molecule has 6 heteroatoms. The highest BCUT2D eigenvalue weighted by atomic mass is 35.5. The third-order valence-corrected chi connectivity index (χ3v) is 5.08. The Morgan fingerprint density at radius 3 is 2.95 bits per heavy atom. The number of amides is 1. The molecule has 0 bridgehead atoms. The summed E-state index contributed by atoms with van der Waals surface area (Å²) in [6.45, 7) is 3.98. The number of hydrogen-bond acceptors (Lipinski definition) is 4. The predicted molar refractivity (Wildman–Crippen MR) is 93.2 cm³/mol. The fraction of sp³-hybridized carbons (Fsp3) is 0.375. The van der Waals surface area contributed by atoms with Gasteiger partial charge in [0.25, 0.3) is 5.91 Å². The number of carbonyl (C=O) groups excluding carboxylic acids is 1. The standard InChI is InChI=1S/C16H19N3OS.ClH/c1-9-4-3-5-12(10(9)2)15(20)19-16-18-13-7-6-11(17)8-14(13)21-16;/h3-5,11H,6-8,17H2,1-2H3,(H,18,19,20);1H/t11-;/m0./s1. The molecule has 1 atom stereocenters. The van der Waals surface area contributed by atoms with Crippen LogP contribution in [0.5, 0.6) is 0 Å². The molecule has 1 amide bonds. The number of nitrogens with two attached hydrogens (primary N) is 1. The van der Waals surface area contributed by atoms with Gasteiger partial charge < -0.3 is 5.73 Å². The van der Waals surface area contributed by atoms with Crippen molar-refractivity contribution in [3.05, 3.63) is 45.5 Å². The largest absolute Gasteiger partial charge is 0.327 e. The van der Waals surface area contributed by atoms with Gasteiger partial charge in [-0.15, -0.1) is 23.7 Å². The summed E-state index contributed by atoms with van der Waals surface area (Å²) in [7, 11) is 0. The van der Waals surface area contributed by atoms with Crippen molar-refractivity contribution in [1.29, 1.82) is 0 Å². The lowest BCUT2D eigenvalue weighted by Crippen LogP contribution is -2.27. The maximum Gasteiger partial charge on any atom is 0.257 e. The van der Waals surface area contributed by atoms with Crippen molar-refractivity contribution >= 4 is 34.8 Å². The van der Waals surface area contributed by atoms with Crippen molar-refractivity contribution in [3.63, 3.8) is 0 Å². The molecule has 0 saturated heterocycles. The molecule has 0 saturated carbocycles. The smallest absolute Gasteiger partial charge is 0.257 e. The maximum atomic E-state index is 12.4. The number of aromatic nitrogens is 1. The van der Waals surface area contributed by atoms with Crippen LogP contribution in [0, 0.1) is 13.8 Å². The third-order valence-electron chi connectivity index (χ3n) is 4.05. The molecular formula is C16H20ClN3OS. The van der Waals surface area contributed by atoms with Crippen molar-refractivity contribution in [2.24, 2.45) is 5.73 Å². The monoisotopic (exact) mass is 337 g/mol. The second kappa shape index (κ2) is 6.77. The number of benzene rings is 1. The van der Waals surface area contributed by atoms with Gasteiger partial charge in [0.2, 0.25) is 0 Å². The molecule has 1 aromatic heterocycles. The Kier molecular flexibility index (Phi) is 5.21. The van der Waals surface area contributed by atoms with Gasteiger partial charge in [0, 0.05) is 16.5 Å². The van der Waals surface area contributed by atoms with E-state index in [1.54, 1.807) is 11.3 Å². The van der Waals surface area contributed by atoms with Gasteiger partial charge in [-0.3, -0.25) is 10.1 Å². The number of thiazole rings is 1. The minimum absolute atomic E-state index is 0. The van der Waals surface area contributed by atoms with E-state index in [1.807, 2.05) is 32.0 Å². The predicted octanol–water partition coefficient (Wildman–Crippen LogP) is 3.25. The Labute approximate surface area is 140 Å². The highest BCUT2D eigenvalue weighted by Crippen LogP contribution is 2.29. The van der Waals surface area contributed by atoms with E-state index in [-0.39, 0.29) is 24.4 Å². The number of halogens is 1. The van der Waals surface area contributed by atoms with Gasteiger partial charge in [0.1, 0.15) is 0 Å². The number of fused-ring (bicyclic) bond motifs is 1. The number of rotatable bonds is 2. The molecule has 3 N–H and O–H groups in total. The Morgan fingerprint density at radius 2 is 2.18 bits per heavy atom. The molecular weight excluding hydrogens is 318 g/mol. The molecule has 1 aliphatic rings. The van der Waals surface area contributed by atoms with E-state index in [4.69, 9.17) is 5.73 Å². The normalized spacial score (nSPS) is 16.6. The summed E-state index contributed by atoms with van der Waals surface area (Å²) in [5.41, 5.74) is 9.91. The van der Waals surface area contributed by atoms with Gasteiger partial charge in [0.05, 0.1) is 5.69 Å². The zero-order chi connectivity index (χ0) is 15.0. The second-order valence-electron chi connectivity index (χ2n) is 5.59. The van der Waals surface area contributed by atoms with Crippen molar-refractivity contribution < 1.29 is 4.79 Å². The number of nitrogens with zero attached hydrogens (tertiary/aromatic N) is 1. The van der Waals surface area contributed by atoms with Crippen LogP contribution in [0.15, 0.2) is 18.2 Å². The first-order chi connectivity index (χ1) is 10.0. The molecule has 1 heterocycles. The molecule has 0 unspecified atom stereocenters. The summed E-state index contributed by atoms with van der Waals surface area (Å²) < 4.78 is 0. The minimum atomic E-state index is -0.0911. The lowest BCUT2D eigenvalue weighted by Gasteiger charge is -2.15. The second-order valence-corrected chi connectivity index (χ2v) is 6.68. The van der Waals surface area contributed by atoms with E-state index in [0.717, 1.165) is 36.1 Å². The van der Waals surface area contributed by atoms with Crippen molar-refractivity contribution in [2.45, 2.75) is 39.2 Å². The molecule has 22 heavy (non-hydrogen) atoms. The number of carbonyl (C=O) groups is 1. The Morgan fingerprint density at radius 1 is 1.41 bits per heavy atom. The molecule has 3 rings (SSSR count). The van der Waals surface area contributed by atoms with Gasteiger partial charge >= 0.3 is 0 Å². The van der Waals surface area contributed by atoms with E-state index < -0.39 is 0 Å². The molecule has 4 nitrogen and oxygen atoms in total. The molecule has 118 valence electrons. The van der Waals surface area contributed by atoms with E-state index in [0.29, 0.717) is 10.7 Å². The van der Waals surface area contributed by atoms with Crippen LogP contribution < -0.4 is 11.1 Å². The first kappa shape index (κ1) is 16.9. The molecule has 2 aromatic rings. The molecule has 1 aromatic carbocycles. The maximum absolute atomic E-state index is 12.4. The van der Waals surface area contributed by atoms with Crippen LogP contribution in [0.25, 0.3) is 0 Å². The molecule has 0 fully saturated rings. The zero-order valence-corrected chi connectivity index (χ0v) is 14.3. The van der Waals surface area contributed by atoms with Crippen LogP contribution in [0.3, 0.4) is 0 Å². The van der Waals surface area contributed by atoms with Crippen LogP contribution in [-0.4, -0.2) is 16.9 Å². The summed E-state index contributed by atoms with van der Waals surface area (Å²) in [5.74, 6) is -0.0911. The summed E-state index contributed by atoms with van der Waals surface area (Å²) >= 11 is 1.55. The topological polar surface area (TPSA) is 68.0 Å². The van der Waals surface area contributed by atoms with Crippen molar-refractivity contribution in [3.8, 4) is 0 Å². The Hall–Kier alpha value is -1.43. The van der Waals surface area contributed by atoms with Crippen LogP contribution in [0.1, 0.15) is 38.5 Å². The zero-order valence-electron chi connectivity index (χ0n) is 12.7. The van der Waals surface area contributed by atoms with E-state index in [1.165, 1.54) is 4.88 Å². The molecule has 1 aliphatic carbocycles. The van der Waals surface area contributed by atoms with Crippen LogP contribution >= 0.6 is 23.7 Å². The SMILES string of the molecule is Cc1cccc(C(=O)Nc2nc3c(s2)C[C@@H](N)CC3)c1C.Cl. The third kappa shape index (κ3) is 3.32. The fourth-order valence-electron chi connectivity index (χ4n) is 2.62. The van der Waals surface area contributed by atoms with Crippen LogP contribution in [-0.2, 0) is 12.8 Å². The van der Waals surface area contributed by atoms with E-state index >= 15 is 0 Å². The lowest BCUT2D eigenvalue weighted by atomic mass is 9.99.